The van der Waals surface area contributed by atoms with Crippen molar-refractivity contribution < 1.29 is 13.2 Å². The first kappa shape index (κ1) is 14.8. The summed E-state index contributed by atoms with van der Waals surface area (Å²) in [5.41, 5.74) is 2.42. The average Bonchev–Trinajstić information content (AvgIpc) is 2.85. The Balaban J connectivity index is 1.95. The Kier molecular flexibility index (Phi) is 5.21. The number of sulfonamides is 1. The number of fused-ring (bicyclic) bond motifs is 1. The molecule has 1 aliphatic carbocycles. The van der Waals surface area contributed by atoms with Crippen LogP contribution in [0.4, 0.5) is 0 Å². The zero-order valence-corrected chi connectivity index (χ0v) is 12.3. The number of rotatable bonds is 7. The lowest BCUT2D eigenvalue weighted by atomic mass is 10.1. The molecule has 0 unspecified atom stereocenters. The van der Waals surface area contributed by atoms with Crippen LogP contribution in [-0.2, 0) is 27.6 Å². The van der Waals surface area contributed by atoms with E-state index in [1.54, 1.807) is 12.1 Å². The maximum Gasteiger partial charge on any atom is 0.240 e. The molecule has 4 nitrogen and oxygen atoms in total. The number of benzene rings is 1. The van der Waals surface area contributed by atoms with Crippen LogP contribution >= 0.6 is 11.6 Å². The van der Waals surface area contributed by atoms with Crippen LogP contribution in [0.2, 0.25) is 0 Å². The normalized spacial score (nSPS) is 14.6. The van der Waals surface area contributed by atoms with E-state index >= 15 is 0 Å². The molecule has 19 heavy (non-hydrogen) atoms. The highest BCUT2D eigenvalue weighted by molar-refractivity contribution is 7.89. The van der Waals surface area contributed by atoms with Gasteiger partial charge in [0, 0.05) is 12.4 Å². The lowest BCUT2D eigenvalue weighted by Gasteiger charge is -2.08. The molecule has 106 valence electrons. The molecule has 0 bridgehead atoms. The van der Waals surface area contributed by atoms with Gasteiger partial charge in [-0.15, -0.1) is 11.6 Å². The minimum absolute atomic E-state index is 0.260. The molecule has 0 spiro atoms. The molecule has 6 heteroatoms. The Morgan fingerprint density at radius 1 is 1.21 bits per heavy atom. The monoisotopic (exact) mass is 303 g/mol. The van der Waals surface area contributed by atoms with Crippen molar-refractivity contribution in [2.24, 2.45) is 0 Å². The minimum Gasteiger partial charge on any atom is -0.379 e. The van der Waals surface area contributed by atoms with Crippen LogP contribution in [0, 0.1) is 0 Å². The first-order valence-electron chi connectivity index (χ1n) is 6.38. The van der Waals surface area contributed by atoms with Crippen molar-refractivity contribution in [1.29, 1.82) is 0 Å². The number of hydrogen-bond donors (Lipinski definition) is 1. The van der Waals surface area contributed by atoms with Crippen LogP contribution in [0.1, 0.15) is 17.5 Å². The summed E-state index contributed by atoms with van der Waals surface area (Å²) in [7, 11) is -3.43. The fourth-order valence-electron chi connectivity index (χ4n) is 2.20. The molecule has 0 fully saturated rings. The van der Waals surface area contributed by atoms with Crippen molar-refractivity contribution >= 4 is 21.6 Å². The number of halogens is 1. The maximum atomic E-state index is 12.1. The molecule has 0 aromatic heterocycles. The topological polar surface area (TPSA) is 55.4 Å². The number of nitrogens with one attached hydrogen (secondary N) is 1. The fourth-order valence-corrected chi connectivity index (χ4v) is 3.38. The molecular formula is C13H18ClNO3S. The molecule has 1 N–H and O–H groups in total. The predicted molar refractivity (Wildman–Crippen MR) is 75.2 cm³/mol. The summed E-state index contributed by atoms with van der Waals surface area (Å²) in [5.74, 6) is 0.414. The van der Waals surface area contributed by atoms with Crippen molar-refractivity contribution in [1.82, 2.24) is 4.72 Å². The molecule has 2 rings (SSSR count). The van der Waals surface area contributed by atoms with Gasteiger partial charge in [0.1, 0.15) is 0 Å². The number of hydrogen-bond acceptors (Lipinski definition) is 3. The zero-order chi connectivity index (χ0) is 13.7. The van der Waals surface area contributed by atoms with Crippen molar-refractivity contribution in [3.8, 4) is 0 Å². The first-order chi connectivity index (χ1) is 9.13. The second-order valence-corrected chi connectivity index (χ2v) is 6.63. The van der Waals surface area contributed by atoms with Gasteiger partial charge in [0.2, 0.25) is 10.0 Å². The molecule has 1 aromatic rings. The summed E-state index contributed by atoms with van der Waals surface area (Å²) in [6.45, 7) is 1.02. The number of alkyl halides is 1. The van der Waals surface area contributed by atoms with Crippen LogP contribution in [0.3, 0.4) is 0 Å². The van der Waals surface area contributed by atoms with Crippen LogP contribution in [0.25, 0.3) is 0 Å². The lowest BCUT2D eigenvalue weighted by molar-refractivity contribution is 0.155. The van der Waals surface area contributed by atoms with Crippen molar-refractivity contribution in [3.05, 3.63) is 29.3 Å². The fraction of sp³-hybridized carbons (Fsp3) is 0.538. The third kappa shape index (κ3) is 3.92. The smallest absolute Gasteiger partial charge is 0.240 e. The third-order valence-electron chi connectivity index (χ3n) is 3.14. The van der Waals surface area contributed by atoms with Gasteiger partial charge in [-0.05, 0) is 42.5 Å². The van der Waals surface area contributed by atoms with Gasteiger partial charge in [0.25, 0.3) is 0 Å². The van der Waals surface area contributed by atoms with Crippen LogP contribution in [0.5, 0.6) is 0 Å². The average molecular weight is 304 g/mol. The lowest BCUT2D eigenvalue weighted by Crippen LogP contribution is -2.27. The summed E-state index contributed by atoms with van der Waals surface area (Å²) in [4.78, 5) is 0.338. The van der Waals surface area contributed by atoms with Gasteiger partial charge in [-0.2, -0.15) is 0 Å². The van der Waals surface area contributed by atoms with Gasteiger partial charge >= 0.3 is 0 Å². The number of aryl methyl sites for hydroxylation is 2. The highest BCUT2D eigenvalue weighted by Crippen LogP contribution is 2.24. The van der Waals surface area contributed by atoms with E-state index in [9.17, 15) is 8.42 Å². The third-order valence-corrected chi connectivity index (χ3v) is 4.75. The van der Waals surface area contributed by atoms with E-state index in [0.717, 1.165) is 24.8 Å². The Hall–Kier alpha value is -0.620. The van der Waals surface area contributed by atoms with E-state index in [2.05, 4.69) is 4.72 Å². The molecule has 0 heterocycles. The van der Waals surface area contributed by atoms with Gasteiger partial charge in [0.05, 0.1) is 18.1 Å². The standard InChI is InChI=1S/C13H18ClNO3S/c14-6-8-18-9-7-15-19(16,17)13-5-4-11-2-1-3-12(11)10-13/h4-5,10,15H,1-3,6-9H2. The quantitative estimate of drug-likeness (QED) is 0.616. The zero-order valence-electron chi connectivity index (χ0n) is 10.7. The summed E-state index contributed by atoms with van der Waals surface area (Å²) >= 11 is 5.46. The van der Waals surface area contributed by atoms with Crippen molar-refractivity contribution in [2.75, 3.05) is 25.6 Å². The summed E-state index contributed by atoms with van der Waals surface area (Å²) in [6, 6.07) is 5.37. The summed E-state index contributed by atoms with van der Waals surface area (Å²) < 4.78 is 31.8. The van der Waals surface area contributed by atoms with Crippen molar-refractivity contribution in [2.45, 2.75) is 24.2 Å². The molecule has 1 aliphatic rings. The first-order valence-corrected chi connectivity index (χ1v) is 8.40. The molecular weight excluding hydrogens is 286 g/mol. The van der Waals surface area contributed by atoms with Gasteiger partial charge in [0.15, 0.2) is 0 Å². The number of ether oxygens (including phenoxy) is 1. The van der Waals surface area contributed by atoms with Crippen LogP contribution in [-0.4, -0.2) is 34.1 Å². The second kappa shape index (κ2) is 6.70. The maximum absolute atomic E-state index is 12.1. The van der Waals surface area contributed by atoms with E-state index < -0.39 is 10.0 Å². The Morgan fingerprint density at radius 3 is 2.79 bits per heavy atom. The minimum atomic E-state index is -3.43. The second-order valence-electron chi connectivity index (χ2n) is 4.48. The summed E-state index contributed by atoms with van der Waals surface area (Å²) in [5, 5.41) is 0. The van der Waals surface area contributed by atoms with Gasteiger partial charge in [-0.25, -0.2) is 13.1 Å². The summed E-state index contributed by atoms with van der Waals surface area (Å²) in [6.07, 6.45) is 3.13. The molecule has 1 aromatic carbocycles. The van der Waals surface area contributed by atoms with E-state index in [-0.39, 0.29) is 6.54 Å². The van der Waals surface area contributed by atoms with Crippen LogP contribution < -0.4 is 4.72 Å². The Labute approximate surface area is 119 Å². The highest BCUT2D eigenvalue weighted by Gasteiger charge is 2.17. The van der Waals surface area contributed by atoms with E-state index in [0.29, 0.717) is 24.0 Å². The van der Waals surface area contributed by atoms with Crippen LogP contribution in [0.15, 0.2) is 23.1 Å². The van der Waals surface area contributed by atoms with Crippen molar-refractivity contribution in [3.63, 3.8) is 0 Å². The van der Waals surface area contributed by atoms with Gasteiger partial charge in [-0.1, -0.05) is 6.07 Å². The molecule has 0 amide bonds. The van der Waals surface area contributed by atoms with E-state index in [1.807, 2.05) is 6.07 Å². The van der Waals surface area contributed by atoms with Gasteiger partial charge < -0.3 is 4.74 Å². The SMILES string of the molecule is O=S(=O)(NCCOCCCl)c1ccc2c(c1)CCC2. The molecule has 0 atom stereocenters. The molecule has 0 aliphatic heterocycles. The predicted octanol–water partition coefficient (Wildman–Crippen LogP) is 1.71. The molecule has 0 saturated carbocycles. The van der Waals surface area contributed by atoms with E-state index in [4.69, 9.17) is 16.3 Å². The van der Waals surface area contributed by atoms with E-state index in [1.165, 1.54) is 5.56 Å². The molecule has 0 radical (unpaired) electrons. The van der Waals surface area contributed by atoms with Gasteiger partial charge in [-0.3, -0.25) is 0 Å². The Morgan fingerprint density at radius 2 is 2.00 bits per heavy atom. The largest absolute Gasteiger partial charge is 0.379 e. The molecule has 0 saturated heterocycles. The highest BCUT2D eigenvalue weighted by atomic mass is 35.5. The Bertz CT molecular complexity index is 531.